The van der Waals surface area contributed by atoms with Crippen molar-refractivity contribution in [3.63, 3.8) is 0 Å². The largest absolute Gasteiger partial charge is 0.478 e. The fourth-order valence-corrected chi connectivity index (χ4v) is 3.03. The van der Waals surface area contributed by atoms with E-state index in [-0.39, 0.29) is 10.6 Å². The van der Waals surface area contributed by atoms with Gasteiger partial charge < -0.3 is 5.11 Å². The first kappa shape index (κ1) is 15.7. The van der Waals surface area contributed by atoms with Gasteiger partial charge in [-0.05, 0) is 59.3 Å². The molecule has 110 valence electrons. The summed E-state index contributed by atoms with van der Waals surface area (Å²) in [6.07, 6.45) is 1.01. The predicted molar refractivity (Wildman–Crippen MR) is 85.9 cm³/mol. The number of hydrogen-bond donors (Lipinski definition) is 2. The number of carboxylic acid groups (broad SMARTS) is 1. The first-order chi connectivity index (χ1) is 9.79. The quantitative estimate of drug-likeness (QED) is 0.744. The first-order valence-corrected chi connectivity index (χ1v) is 8.34. The molecule has 0 saturated heterocycles. The third-order valence-corrected chi connectivity index (χ3v) is 5.14. The van der Waals surface area contributed by atoms with Gasteiger partial charge >= 0.3 is 5.97 Å². The van der Waals surface area contributed by atoms with Crippen LogP contribution in [0.5, 0.6) is 0 Å². The van der Waals surface area contributed by atoms with Crippen LogP contribution in [0.3, 0.4) is 0 Å². The van der Waals surface area contributed by atoms with Crippen molar-refractivity contribution in [3.05, 3.63) is 51.2 Å². The lowest BCUT2D eigenvalue weighted by Crippen LogP contribution is -2.15. The van der Waals surface area contributed by atoms with Gasteiger partial charge in [0.25, 0.3) is 10.0 Å². The number of rotatable bonds is 4. The molecule has 0 aliphatic carbocycles. The maximum atomic E-state index is 12.2. The van der Waals surface area contributed by atoms with E-state index in [1.807, 2.05) is 6.92 Å². The Morgan fingerprint density at radius 2 is 2.00 bits per heavy atom. The van der Waals surface area contributed by atoms with Gasteiger partial charge in [-0.3, -0.25) is 4.72 Å². The summed E-state index contributed by atoms with van der Waals surface area (Å²) in [6, 6.07) is 7.52. The number of carboxylic acids is 1. The summed E-state index contributed by atoms with van der Waals surface area (Å²) in [5, 5.41) is 8.53. The van der Waals surface area contributed by atoms with Gasteiger partial charge in [0, 0.05) is 15.5 Å². The third-order valence-electron chi connectivity index (χ3n) is 2.68. The molecule has 2 rings (SSSR count). The lowest BCUT2D eigenvalue weighted by molar-refractivity contribution is 0.0696. The van der Waals surface area contributed by atoms with Gasteiger partial charge in [-0.1, -0.05) is 6.07 Å². The van der Waals surface area contributed by atoms with E-state index in [0.29, 0.717) is 5.69 Å². The van der Waals surface area contributed by atoms with Crippen molar-refractivity contribution < 1.29 is 18.3 Å². The maximum absolute atomic E-state index is 12.2. The Labute approximate surface area is 135 Å². The summed E-state index contributed by atoms with van der Waals surface area (Å²) >= 11 is 2.11. The topological polar surface area (TPSA) is 96.4 Å². The number of anilines is 1. The molecule has 6 nitrogen and oxygen atoms in total. The monoisotopic (exact) mass is 418 g/mol. The molecule has 0 saturated carbocycles. The van der Waals surface area contributed by atoms with Crippen LogP contribution in [0.4, 0.5) is 5.69 Å². The maximum Gasteiger partial charge on any atom is 0.337 e. The second-order valence-corrected chi connectivity index (χ2v) is 7.05. The van der Waals surface area contributed by atoms with E-state index < -0.39 is 16.0 Å². The van der Waals surface area contributed by atoms with Crippen molar-refractivity contribution in [3.8, 4) is 0 Å². The number of aromatic nitrogens is 1. The van der Waals surface area contributed by atoms with Crippen LogP contribution >= 0.6 is 22.6 Å². The van der Waals surface area contributed by atoms with E-state index >= 15 is 0 Å². The van der Waals surface area contributed by atoms with E-state index in [4.69, 9.17) is 5.11 Å². The number of carbonyl (C=O) groups is 1. The molecule has 1 heterocycles. The van der Waals surface area contributed by atoms with Gasteiger partial charge in [0.2, 0.25) is 0 Å². The molecule has 0 spiro atoms. The Bertz CT molecular complexity index is 788. The lowest BCUT2D eigenvalue weighted by Gasteiger charge is -2.08. The fourth-order valence-electron chi connectivity index (χ4n) is 1.53. The minimum Gasteiger partial charge on any atom is -0.478 e. The zero-order valence-corrected chi connectivity index (χ0v) is 13.8. The highest BCUT2D eigenvalue weighted by atomic mass is 127. The molecular formula is C13H11IN2O4S. The van der Waals surface area contributed by atoms with Gasteiger partial charge in [-0.2, -0.15) is 8.42 Å². The summed E-state index contributed by atoms with van der Waals surface area (Å²) in [6.45, 7) is 1.92. The molecule has 0 fully saturated rings. The fraction of sp³-hybridized carbons (Fsp3) is 0.0769. The number of nitrogens with one attached hydrogen (secondary N) is 1. The molecule has 8 heteroatoms. The van der Waals surface area contributed by atoms with Gasteiger partial charge in [-0.15, -0.1) is 0 Å². The summed E-state index contributed by atoms with van der Waals surface area (Å²) in [5.74, 6) is -1.16. The minimum atomic E-state index is -3.84. The molecule has 2 aromatic rings. The smallest absolute Gasteiger partial charge is 0.337 e. The number of pyridine rings is 1. The Balaban J connectivity index is 2.29. The Kier molecular flexibility index (Phi) is 4.47. The number of sulfonamides is 1. The average molecular weight is 418 g/mol. The molecule has 0 radical (unpaired) electrons. The van der Waals surface area contributed by atoms with Crippen molar-refractivity contribution in [2.24, 2.45) is 0 Å². The normalized spacial score (nSPS) is 11.1. The van der Waals surface area contributed by atoms with Crippen LogP contribution in [-0.2, 0) is 10.0 Å². The van der Waals surface area contributed by atoms with Crippen molar-refractivity contribution >= 4 is 44.3 Å². The molecular weight excluding hydrogens is 407 g/mol. The number of aryl methyl sites for hydroxylation is 1. The van der Waals surface area contributed by atoms with Gasteiger partial charge in [0.15, 0.2) is 5.03 Å². The van der Waals surface area contributed by atoms with Crippen LogP contribution in [0.15, 0.2) is 41.6 Å². The second-order valence-electron chi connectivity index (χ2n) is 4.26. The van der Waals surface area contributed by atoms with E-state index in [1.54, 1.807) is 18.2 Å². The minimum absolute atomic E-state index is 0.0705. The number of benzene rings is 1. The van der Waals surface area contributed by atoms with Crippen molar-refractivity contribution in [2.75, 3.05) is 4.72 Å². The first-order valence-electron chi connectivity index (χ1n) is 5.78. The molecule has 0 aliphatic rings. The summed E-state index contributed by atoms with van der Waals surface area (Å²) in [5.41, 5.74) is 1.40. The Morgan fingerprint density at radius 1 is 1.29 bits per heavy atom. The molecule has 1 aromatic heterocycles. The van der Waals surface area contributed by atoms with E-state index in [1.165, 1.54) is 6.07 Å². The van der Waals surface area contributed by atoms with Crippen LogP contribution in [0, 0.1) is 10.5 Å². The average Bonchev–Trinajstić information content (AvgIpc) is 2.43. The van der Waals surface area contributed by atoms with Crippen LogP contribution in [0.1, 0.15) is 15.9 Å². The standard InChI is InChI=1S/C13H11IN2O4S/c1-8-2-4-10(6-11(8)14)16-21(19,20)12-5-3-9(7-15-12)13(17)18/h2-7,16H,1H3,(H,17,18). The molecule has 21 heavy (non-hydrogen) atoms. The zero-order chi connectivity index (χ0) is 15.6. The molecule has 1 aromatic carbocycles. The lowest BCUT2D eigenvalue weighted by atomic mass is 10.2. The SMILES string of the molecule is Cc1ccc(NS(=O)(=O)c2ccc(C(=O)O)cn2)cc1I. The van der Waals surface area contributed by atoms with E-state index in [9.17, 15) is 13.2 Å². The van der Waals surface area contributed by atoms with Crippen molar-refractivity contribution in [1.82, 2.24) is 4.98 Å². The number of nitrogens with zero attached hydrogens (tertiary/aromatic N) is 1. The van der Waals surface area contributed by atoms with Crippen LogP contribution in [-0.4, -0.2) is 24.5 Å². The third kappa shape index (κ3) is 3.70. The number of aromatic carboxylic acids is 1. The molecule has 0 aliphatic heterocycles. The Morgan fingerprint density at radius 3 is 2.52 bits per heavy atom. The van der Waals surface area contributed by atoms with Crippen molar-refractivity contribution in [2.45, 2.75) is 11.9 Å². The summed E-state index contributed by atoms with van der Waals surface area (Å²) in [7, 11) is -3.84. The van der Waals surface area contributed by atoms with Crippen LogP contribution in [0.2, 0.25) is 0 Å². The van der Waals surface area contributed by atoms with Crippen molar-refractivity contribution in [1.29, 1.82) is 0 Å². The van der Waals surface area contributed by atoms with Gasteiger partial charge in [0.1, 0.15) is 0 Å². The second kappa shape index (κ2) is 5.98. The highest BCUT2D eigenvalue weighted by molar-refractivity contribution is 14.1. The van der Waals surface area contributed by atoms with Crippen LogP contribution < -0.4 is 4.72 Å². The highest BCUT2D eigenvalue weighted by Crippen LogP contribution is 2.20. The summed E-state index contributed by atoms with van der Waals surface area (Å²) in [4.78, 5) is 14.4. The molecule has 2 N–H and O–H groups in total. The highest BCUT2D eigenvalue weighted by Gasteiger charge is 2.17. The predicted octanol–water partition coefficient (Wildman–Crippen LogP) is 2.49. The molecule has 0 atom stereocenters. The van der Waals surface area contributed by atoms with Gasteiger partial charge in [-0.25, -0.2) is 9.78 Å². The van der Waals surface area contributed by atoms with E-state index in [2.05, 4.69) is 32.3 Å². The Hall–Kier alpha value is -1.68. The molecule has 0 unspecified atom stereocenters. The molecule has 0 amide bonds. The van der Waals surface area contributed by atoms with Crippen LogP contribution in [0.25, 0.3) is 0 Å². The number of hydrogen-bond acceptors (Lipinski definition) is 4. The number of halogens is 1. The summed E-state index contributed by atoms with van der Waals surface area (Å²) < 4.78 is 27.7. The van der Waals surface area contributed by atoms with Gasteiger partial charge in [0.05, 0.1) is 5.56 Å². The molecule has 0 bridgehead atoms. The van der Waals surface area contributed by atoms with E-state index in [0.717, 1.165) is 21.4 Å². The zero-order valence-electron chi connectivity index (χ0n) is 10.9.